The molecule has 1 atom stereocenters. The summed E-state index contributed by atoms with van der Waals surface area (Å²) in [6, 6.07) is 10.4. The van der Waals surface area contributed by atoms with Crippen molar-refractivity contribution in [3.05, 3.63) is 42.2 Å². The highest BCUT2D eigenvalue weighted by Gasteiger charge is 2.21. The van der Waals surface area contributed by atoms with E-state index < -0.39 is 5.82 Å². The molecule has 0 aliphatic carbocycles. The second-order valence-electron chi connectivity index (χ2n) is 7.08. The smallest absolute Gasteiger partial charge is 0.258 e. The van der Waals surface area contributed by atoms with Gasteiger partial charge in [0.05, 0.1) is 24.0 Å². The molecule has 2 N–H and O–H groups in total. The summed E-state index contributed by atoms with van der Waals surface area (Å²) >= 11 is 0. The third kappa shape index (κ3) is 3.40. The molecule has 0 saturated carbocycles. The van der Waals surface area contributed by atoms with Crippen molar-refractivity contribution in [3.63, 3.8) is 0 Å². The van der Waals surface area contributed by atoms with Gasteiger partial charge >= 0.3 is 0 Å². The first-order valence-electron chi connectivity index (χ1n) is 9.41. The average molecular weight is 382 g/mol. The first-order chi connectivity index (χ1) is 13.6. The molecule has 4 rings (SSSR count). The summed E-state index contributed by atoms with van der Waals surface area (Å²) in [4.78, 5) is 6.75. The minimum atomic E-state index is -0.397. The Morgan fingerprint density at radius 1 is 1.21 bits per heavy atom. The van der Waals surface area contributed by atoms with Gasteiger partial charge in [0.1, 0.15) is 11.6 Å². The third-order valence-electron chi connectivity index (χ3n) is 5.22. The Kier molecular flexibility index (Phi) is 4.90. The van der Waals surface area contributed by atoms with Gasteiger partial charge in [0.15, 0.2) is 0 Å². The predicted molar refractivity (Wildman–Crippen MR) is 107 cm³/mol. The molecular formula is C21H23FN4O2. The topological polar surface area (TPSA) is 77.4 Å². The van der Waals surface area contributed by atoms with E-state index in [1.54, 1.807) is 0 Å². The number of rotatable bonds is 4. The summed E-state index contributed by atoms with van der Waals surface area (Å²) in [6.07, 6.45) is 3.60. The number of nitrogens with two attached hydrogens (primary N) is 1. The van der Waals surface area contributed by atoms with E-state index >= 15 is 0 Å². The Balaban J connectivity index is 1.64. The number of nitrogen functional groups attached to an aromatic ring is 1. The number of hydrogen-bond donors (Lipinski definition) is 1. The standard InChI is InChI=1S/C21H23FN4O2/c1-13-5-3-4-10-26(13)18-8-6-14(11-17(18)23)21-24-20(25-28-21)16-12-15(22)7-9-19(16)27-2/h6-9,11-13H,3-5,10,23H2,1-2H3. The molecule has 146 valence electrons. The molecule has 2 heterocycles. The van der Waals surface area contributed by atoms with E-state index in [0.717, 1.165) is 17.8 Å². The quantitative estimate of drug-likeness (QED) is 0.669. The fourth-order valence-electron chi connectivity index (χ4n) is 3.71. The van der Waals surface area contributed by atoms with Gasteiger partial charge in [0.25, 0.3) is 5.89 Å². The number of benzene rings is 2. The molecule has 0 radical (unpaired) electrons. The highest BCUT2D eigenvalue weighted by atomic mass is 19.1. The highest BCUT2D eigenvalue weighted by Crippen LogP contribution is 2.34. The van der Waals surface area contributed by atoms with Crippen LogP contribution in [0.1, 0.15) is 26.2 Å². The van der Waals surface area contributed by atoms with Gasteiger partial charge in [-0.3, -0.25) is 0 Å². The Morgan fingerprint density at radius 2 is 2.07 bits per heavy atom. The summed E-state index contributed by atoms with van der Waals surface area (Å²) in [5.74, 6) is 0.666. The van der Waals surface area contributed by atoms with Crippen molar-refractivity contribution in [3.8, 4) is 28.6 Å². The van der Waals surface area contributed by atoms with Crippen molar-refractivity contribution in [2.24, 2.45) is 0 Å². The first-order valence-corrected chi connectivity index (χ1v) is 9.41. The Bertz CT molecular complexity index is 988. The Hall–Kier alpha value is -3.09. The van der Waals surface area contributed by atoms with Crippen molar-refractivity contribution in [2.75, 3.05) is 24.3 Å². The van der Waals surface area contributed by atoms with E-state index in [4.69, 9.17) is 15.0 Å². The summed E-state index contributed by atoms with van der Waals surface area (Å²) in [6.45, 7) is 3.23. The zero-order valence-electron chi connectivity index (χ0n) is 16.0. The molecule has 28 heavy (non-hydrogen) atoms. The summed E-state index contributed by atoms with van der Waals surface area (Å²) in [5.41, 5.74) is 9.20. The van der Waals surface area contributed by atoms with Crippen molar-refractivity contribution in [2.45, 2.75) is 32.2 Å². The van der Waals surface area contributed by atoms with Crippen LogP contribution in [-0.2, 0) is 0 Å². The molecule has 2 aromatic carbocycles. The van der Waals surface area contributed by atoms with Gasteiger partial charge < -0.3 is 19.9 Å². The highest BCUT2D eigenvalue weighted by molar-refractivity contribution is 5.75. The second kappa shape index (κ2) is 7.50. The van der Waals surface area contributed by atoms with Crippen LogP contribution in [0.5, 0.6) is 5.75 Å². The van der Waals surface area contributed by atoms with Gasteiger partial charge in [0.2, 0.25) is 5.82 Å². The van der Waals surface area contributed by atoms with E-state index in [-0.39, 0.29) is 5.82 Å². The Morgan fingerprint density at radius 3 is 2.82 bits per heavy atom. The summed E-state index contributed by atoms with van der Waals surface area (Å²) < 4.78 is 24.3. The van der Waals surface area contributed by atoms with E-state index in [2.05, 4.69) is 22.0 Å². The number of methoxy groups -OCH3 is 1. The largest absolute Gasteiger partial charge is 0.496 e. The SMILES string of the molecule is COc1ccc(F)cc1-c1noc(-c2ccc(N3CCCCC3C)c(N)c2)n1. The lowest BCUT2D eigenvalue weighted by molar-refractivity contribution is 0.412. The van der Waals surface area contributed by atoms with Gasteiger partial charge in [-0.1, -0.05) is 5.16 Å². The third-order valence-corrected chi connectivity index (χ3v) is 5.22. The molecule has 3 aromatic rings. The molecule has 6 nitrogen and oxygen atoms in total. The maximum atomic E-state index is 13.6. The van der Waals surface area contributed by atoms with Gasteiger partial charge in [-0.05, 0) is 62.6 Å². The van der Waals surface area contributed by atoms with Crippen molar-refractivity contribution >= 4 is 11.4 Å². The van der Waals surface area contributed by atoms with E-state index in [1.807, 2.05) is 18.2 Å². The molecular weight excluding hydrogens is 359 g/mol. The second-order valence-corrected chi connectivity index (χ2v) is 7.08. The molecule has 0 bridgehead atoms. The molecule has 1 aliphatic heterocycles. The minimum Gasteiger partial charge on any atom is -0.496 e. The van der Waals surface area contributed by atoms with Crippen molar-refractivity contribution in [1.29, 1.82) is 0 Å². The fourth-order valence-corrected chi connectivity index (χ4v) is 3.71. The molecule has 7 heteroatoms. The Labute approximate surface area is 163 Å². The van der Waals surface area contributed by atoms with Gasteiger partial charge in [-0.15, -0.1) is 0 Å². The van der Waals surface area contributed by atoms with Crippen LogP contribution in [0.15, 0.2) is 40.9 Å². The van der Waals surface area contributed by atoms with E-state index in [9.17, 15) is 4.39 Å². The normalized spacial score (nSPS) is 17.0. The van der Waals surface area contributed by atoms with Crippen LogP contribution >= 0.6 is 0 Å². The van der Waals surface area contributed by atoms with Gasteiger partial charge in [-0.25, -0.2) is 4.39 Å². The number of anilines is 2. The lowest BCUT2D eigenvalue weighted by Gasteiger charge is -2.36. The van der Waals surface area contributed by atoms with Crippen LogP contribution in [0.4, 0.5) is 15.8 Å². The van der Waals surface area contributed by atoms with Crippen LogP contribution in [0.2, 0.25) is 0 Å². The molecule has 1 aliphatic rings. The van der Waals surface area contributed by atoms with Crippen LogP contribution < -0.4 is 15.4 Å². The van der Waals surface area contributed by atoms with Crippen molar-refractivity contribution < 1.29 is 13.7 Å². The lowest BCUT2D eigenvalue weighted by atomic mass is 10.0. The number of nitrogens with zero attached hydrogens (tertiary/aromatic N) is 3. The number of halogens is 1. The minimum absolute atomic E-state index is 0.263. The van der Waals surface area contributed by atoms with Crippen molar-refractivity contribution in [1.82, 2.24) is 10.1 Å². The monoisotopic (exact) mass is 382 g/mol. The van der Waals surface area contributed by atoms with Crippen LogP contribution in [-0.4, -0.2) is 29.8 Å². The first kappa shape index (κ1) is 18.3. The molecule has 1 unspecified atom stereocenters. The van der Waals surface area contributed by atoms with Gasteiger partial charge in [-0.2, -0.15) is 4.98 Å². The zero-order valence-corrected chi connectivity index (χ0v) is 16.0. The molecule has 0 amide bonds. The molecule has 0 spiro atoms. The predicted octanol–water partition coefficient (Wildman–Crippen LogP) is 4.51. The molecule has 1 fully saturated rings. The molecule has 1 saturated heterocycles. The fraction of sp³-hybridized carbons (Fsp3) is 0.333. The summed E-state index contributed by atoms with van der Waals surface area (Å²) in [7, 11) is 1.51. The number of piperidine rings is 1. The maximum Gasteiger partial charge on any atom is 0.258 e. The number of ether oxygens (including phenoxy) is 1. The van der Waals surface area contributed by atoms with Crippen LogP contribution in [0.3, 0.4) is 0 Å². The number of aromatic nitrogens is 2. The lowest BCUT2D eigenvalue weighted by Crippen LogP contribution is -2.37. The molecule has 1 aromatic heterocycles. The van der Waals surface area contributed by atoms with Crippen LogP contribution in [0, 0.1) is 5.82 Å². The van der Waals surface area contributed by atoms with E-state index in [1.165, 1.54) is 44.6 Å². The summed E-state index contributed by atoms with van der Waals surface area (Å²) in [5, 5.41) is 3.98. The van der Waals surface area contributed by atoms with Crippen LogP contribution in [0.25, 0.3) is 22.8 Å². The van der Waals surface area contributed by atoms with E-state index in [0.29, 0.717) is 28.9 Å². The maximum absolute atomic E-state index is 13.6. The zero-order chi connectivity index (χ0) is 19.7. The average Bonchev–Trinajstić information content (AvgIpc) is 3.19. The number of hydrogen-bond acceptors (Lipinski definition) is 6. The van der Waals surface area contributed by atoms with Gasteiger partial charge in [0, 0.05) is 18.2 Å².